The molecule has 1 N–H and O–H groups in total. The molecule has 0 radical (unpaired) electrons. The molecule has 1 heterocycles. The summed E-state index contributed by atoms with van der Waals surface area (Å²) in [7, 11) is 0. The molecule has 0 spiro atoms. The van der Waals surface area contributed by atoms with E-state index < -0.39 is 0 Å². The van der Waals surface area contributed by atoms with Crippen LogP contribution in [0.3, 0.4) is 0 Å². The first-order valence-corrected chi connectivity index (χ1v) is 6.94. The molecule has 0 aliphatic carbocycles. The maximum Gasteiger partial charge on any atom is 0.124 e. The van der Waals surface area contributed by atoms with Gasteiger partial charge in [0.2, 0.25) is 0 Å². The van der Waals surface area contributed by atoms with Crippen LogP contribution in [0.5, 0.6) is 5.75 Å². The molecule has 20 heavy (non-hydrogen) atoms. The van der Waals surface area contributed by atoms with Crippen LogP contribution in [-0.4, -0.2) is 6.61 Å². The van der Waals surface area contributed by atoms with Crippen molar-refractivity contribution >= 4 is 0 Å². The zero-order valence-corrected chi connectivity index (χ0v) is 11.5. The molecule has 1 aliphatic rings. The maximum absolute atomic E-state index is 13.1. The number of para-hydroxylation sites is 1. The van der Waals surface area contributed by atoms with Gasteiger partial charge in [0, 0.05) is 24.6 Å². The molecule has 0 fully saturated rings. The van der Waals surface area contributed by atoms with E-state index in [1.165, 1.54) is 11.6 Å². The summed E-state index contributed by atoms with van der Waals surface area (Å²) in [5.41, 5.74) is 3.33. The highest BCUT2D eigenvalue weighted by Gasteiger charge is 2.20. The SMILES string of the molecule is Cc1cc(F)ccc1CNC1CCOc2ccccc21. The van der Waals surface area contributed by atoms with Gasteiger partial charge in [0.15, 0.2) is 0 Å². The summed E-state index contributed by atoms with van der Waals surface area (Å²) >= 11 is 0. The second kappa shape index (κ2) is 5.63. The van der Waals surface area contributed by atoms with Crippen molar-refractivity contribution in [1.29, 1.82) is 0 Å². The van der Waals surface area contributed by atoms with E-state index in [1.807, 2.05) is 31.2 Å². The Morgan fingerprint density at radius 3 is 2.95 bits per heavy atom. The van der Waals surface area contributed by atoms with Crippen molar-refractivity contribution in [3.8, 4) is 5.75 Å². The molecule has 3 heteroatoms. The van der Waals surface area contributed by atoms with Crippen molar-refractivity contribution in [3.05, 3.63) is 65.0 Å². The van der Waals surface area contributed by atoms with E-state index in [2.05, 4.69) is 11.4 Å². The van der Waals surface area contributed by atoms with Crippen molar-refractivity contribution in [2.45, 2.75) is 25.9 Å². The largest absolute Gasteiger partial charge is 0.493 e. The highest BCUT2D eigenvalue weighted by atomic mass is 19.1. The summed E-state index contributed by atoms with van der Waals surface area (Å²) in [5, 5.41) is 3.55. The lowest BCUT2D eigenvalue weighted by Crippen LogP contribution is -2.27. The van der Waals surface area contributed by atoms with E-state index in [0.29, 0.717) is 6.04 Å². The molecule has 0 aromatic heterocycles. The standard InChI is InChI=1S/C17H18FNO/c1-12-10-14(18)7-6-13(12)11-19-16-8-9-20-17-5-3-2-4-15(16)17/h2-7,10,16,19H,8-9,11H2,1H3. The first-order chi connectivity index (χ1) is 9.74. The topological polar surface area (TPSA) is 21.3 Å². The lowest BCUT2D eigenvalue weighted by Gasteiger charge is -2.27. The number of hydrogen-bond donors (Lipinski definition) is 1. The Labute approximate surface area is 118 Å². The number of rotatable bonds is 3. The molecule has 104 valence electrons. The number of ether oxygens (including phenoxy) is 1. The fourth-order valence-corrected chi connectivity index (χ4v) is 2.64. The zero-order chi connectivity index (χ0) is 13.9. The van der Waals surface area contributed by atoms with Crippen LogP contribution in [-0.2, 0) is 6.54 Å². The predicted molar refractivity (Wildman–Crippen MR) is 77.3 cm³/mol. The second-order valence-corrected chi connectivity index (χ2v) is 5.18. The Balaban J connectivity index is 1.73. The minimum atomic E-state index is -0.178. The van der Waals surface area contributed by atoms with Crippen LogP contribution in [0.4, 0.5) is 4.39 Å². The molecule has 0 saturated carbocycles. The van der Waals surface area contributed by atoms with E-state index in [9.17, 15) is 4.39 Å². The van der Waals surface area contributed by atoms with Gasteiger partial charge in [-0.1, -0.05) is 24.3 Å². The molecule has 0 saturated heterocycles. The Morgan fingerprint density at radius 1 is 1.25 bits per heavy atom. The van der Waals surface area contributed by atoms with Crippen molar-refractivity contribution < 1.29 is 9.13 Å². The van der Waals surface area contributed by atoms with Crippen LogP contribution in [0.2, 0.25) is 0 Å². The van der Waals surface area contributed by atoms with E-state index in [-0.39, 0.29) is 5.82 Å². The first kappa shape index (κ1) is 13.1. The maximum atomic E-state index is 13.1. The molecule has 1 unspecified atom stereocenters. The average Bonchev–Trinajstić information content (AvgIpc) is 2.46. The quantitative estimate of drug-likeness (QED) is 0.918. The highest BCUT2D eigenvalue weighted by Crippen LogP contribution is 2.31. The van der Waals surface area contributed by atoms with Gasteiger partial charge in [-0.05, 0) is 36.2 Å². The van der Waals surface area contributed by atoms with Gasteiger partial charge < -0.3 is 10.1 Å². The number of fused-ring (bicyclic) bond motifs is 1. The second-order valence-electron chi connectivity index (χ2n) is 5.18. The Hall–Kier alpha value is -1.87. The molecule has 3 rings (SSSR count). The van der Waals surface area contributed by atoms with Gasteiger partial charge in [-0.2, -0.15) is 0 Å². The Morgan fingerprint density at radius 2 is 2.10 bits per heavy atom. The van der Waals surface area contributed by atoms with Crippen LogP contribution in [0.15, 0.2) is 42.5 Å². The molecular formula is C17H18FNO. The first-order valence-electron chi connectivity index (χ1n) is 6.94. The number of benzene rings is 2. The average molecular weight is 271 g/mol. The molecule has 1 atom stereocenters. The predicted octanol–water partition coefficient (Wildman–Crippen LogP) is 3.75. The van der Waals surface area contributed by atoms with Gasteiger partial charge in [-0.25, -0.2) is 4.39 Å². The monoisotopic (exact) mass is 271 g/mol. The summed E-state index contributed by atoms with van der Waals surface area (Å²) in [6.07, 6.45) is 0.956. The van der Waals surface area contributed by atoms with Gasteiger partial charge in [0.25, 0.3) is 0 Å². The Bertz CT molecular complexity index is 612. The molecule has 2 nitrogen and oxygen atoms in total. The minimum absolute atomic E-state index is 0.178. The Kier molecular flexibility index (Phi) is 3.70. The minimum Gasteiger partial charge on any atom is -0.493 e. The van der Waals surface area contributed by atoms with Gasteiger partial charge in [0.05, 0.1) is 6.61 Å². The number of aryl methyl sites for hydroxylation is 1. The summed E-state index contributed by atoms with van der Waals surface area (Å²) in [4.78, 5) is 0. The van der Waals surface area contributed by atoms with E-state index >= 15 is 0 Å². The number of halogens is 1. The molecule has 0 bridgehead atoms. The summed E-state index contributed by atoms with van der Waals surface area (Å²) < 4.78 is 18.8. The zero-order valence-electron chi connectivity index (χ0n) is 11.5. The van der Waals surface area contributed by atoms with Crippen LogP contribution in [0.25, 0.3) is 0 Å². The third kappa shape index (κ3) is 2.68. The molecule has 2 aromatic rings. The highest BCUT2D eigenvalue weighted by molar-refractivity contribution is 5.37. The smallest absolute Gasteiger partial charge is 0.124 e. The molecule has 1 aliphatic heterocycles. The summed E-state index contributed by atoms with van der Waals surface area (Å²) in [5.74, 6) is 0.787. The van der Waals surface area contributed by atoms with Crippen LogP contribution >= 0.6 is 0 Å². The van der Waals surface area contributed by atoms with Crippen LogP contribution in [0.1, 0.15) is 29.2 Å². The van der Waals surface area contributed by atoms with E-state index in [0.717, 1.165) is 36.4 Å². The fourth-order valence-electron chi connectivity index (χ4n) is 2.64. The third-order valence-electron chi connectivity index (χ3n) is 3.80. The van der Waals surface area contributed by atoms with Gasteiger partial charge in [-0.15, -0.1) is 0 Å². The van der Waals surface area contributed by atoms with Crippen molar-refractivity contribution in [2.24, 2.45) is 0 Å². The van der Waals surface area contributed by atoms with Crippen molar-refractivity contribution in [1.82, 2.24) is 5.32 Å². The van der Waals surface area contributed by atoms with E-state index in [4.69, 9.17) is 4.74 Å². The summed E-state index contributed by atoms with van der Waals surface area (Å²) in [6, 6.07) is 13.4. The van der Waals surface area contributed by atoms with Crippen LogP contribution in [0, 0.1) is 12.7 Å². The van der Waals surface area contributed by atoms with Gasteiger partial charge >= 0.3 is 0 Å². The van der Waals surface area contributed by atoms with Crippen molar-refractivity contribution in [3.63, 3.8) is 0 Å². The normalized spacial score (nSPS) is 17.4. The lowest BCUT2D eigenvalue weighted by molar-refractivity contribution is 0.252. The number of hydrogen-bond acceptors (Lipinski definition) is 2. The number of nitrogens with one attached hydrogen (secondary N) is 1. The molecule has 2 aromatic carbocycles. The van der Waals surface area contributed by atoms with E-state index in [1.54, 1.807) is 6.07 Å². The third-order valence-corrected chi connectivity index (χ3v) is 3.80. The van der Waals surface area contributed by atoms with Gasteiger partial charge in [0.1, 0.15) is 11.6 Å². The lowest BCUT2D eigenvalue weighted by atomic mass is 10.00. The fraction of sp³-hybridized carbons (Fsp3) is 0.294. The van der Waals surface area contributed by atoms with Crippen LogP contribution < -0.4 is 10.1 Å². The molecular weight excluding hydrogens is 253 g/mol. The van der Waals surface area contributed by atoms with Gasteiger partial charge in [-0.3, -0.25) is 0 Å². The molecule has 0 amide bonds. The summed E-state index contributed by atoms with van der Waals surface area (Å²) in [6.45, 7) is 3.42. The van der Waals surface area contributed by atoms with Crippen molar-refractivity contribution in [2.75, 3.05) is 6.61 Å².